The molecule has 0 saturated carbocycles. The lowest BCUT2D eigenvalue weighted by Crippen LogP contribution is -2.08. The minimum atomic E-state index is -0.519. The van der Waals surface area contributed by atoms with E-state index in [1.807, 2.05) is 72.8 Å². The molecular weight excluding hydrogens is 340 g/mol. The van der Waals surface area contributed by atoms with Gasteiger partial charge in [0.15, 0.2) is 5.75 Å². The molecule has 4 rings (SSSR count). The van der Waals surface area contributed by atoms with Gasteiger partial charge in [-0.1, -0.05) is 60.7 Å². The monoisotopic (exact) mass is 358 g/mol. The molecular formula is C22H18N2O3. The molecule has 1 heterocycles. The van der Waals surface area contributed by atoms with Gasteiger partial charge in [-0.2, -0.15) is 5.10 Å². The zero-order valence-corrected chi connectivity index (χ0v) is 14.8. The normalized spacial score (nSPS) is 10.7. The summed E-state index contributed by atoms with van der Waals surface area (Å²) >= 11 is 0. The Balaban J connectivity index is 1.57. The van der Waals surface area contributed by atoms with Crippen LogP contribution in [-0.4, -0.2) is 22.9 Å². The largest absolute Gasteiger partial charge is 0.493 e. The molecule has 5 heteroatoms. The van der Waals surface area contributed by atoms with Crippen LogP contribution in [0.2, 0.25) is 0 Å². The van der Waals surface area contributed by atoms with Gasteiger partial charge >= 0.3 is 5.97 Å². The Morgan fingerprint density at radius 3 is 2.52 bits per heavy atom. The van der Waals surface area contributed by atoms with E-state index in [0.717, 1.165) is 22.0 Å². The topological polar surface area (TPSA) is 53.4 Å². The second-order valence-corrected chi connectivity index (χ2v) is 6.04. The third-order valence-electron chi connectivity index (χ3n) is 4.35. The summed E-state index contributed by atoms with van der Waals surface area (Å²) in [6, 6.07) is 23.5. The molecule has 0 radical (unpaired) electrons. The van der Waals surface area contributed by atoms with Crippen LogP contribution in [0.1, 0.15) is 16.1 Å². The number of benzene rings is 3. The SMILES string of the molecule is COc1cn(-c2ccccc2)nc1C(=O)OCc1cccc2ccccc12. The number of rotatable bonds is 5. The van der Waals surface area contributed by atoms with Gasteiger partial charge in [0.05, 0.1) is 19.0 Å². The predicted molar refractivity (Wildman–Crippen MR) is 103 cm³/mol. The van der Waals surface area contributed by atoms with Crippen molar-refractivity contribution in [2.45, 2.75) is 6.61 Å². The first-order valence-electron chi connectivity index (χ1n) is 8.59. The quantitative estimate of drug-likeness (QED) is 0.497. The molecule has 0 fully saturated rings. The smallest absolute Gasteiger partial charge is 0.363 e. The average Bonchev–Trinajstić information content (AvgIpc) is 3.17. The molecule has 0 aliphatic rings. The van der Waals surface area contributed by atoms with Crippen LogP contribution in [0.25, 0.3) is 16.5 Å². The molecule has 0 spiro atoms. The molecule has 0 aliphatic heterocycles. The molecule has 0 bridgehead atoms. The van der Waals surface area contributed by atoms with Crippen molar-refractivity contribution in [3.05, 3.63) is 90.3 Å². The van der Waals surface area contributed by atoms with Crippen LogP contribution in [0.5, 0.6) is 5.75 Å². The second-order valence-electron chi connectivity index (χ2n) is 6.04. The highest BCUT2D eigenvalue weighted by atomic mass is 16.5. The Morgan fingerprint density at radius 2 is 1.70 bits per heavy atom. The molecule has 27 heavy (non-hydrogen) atoms. The third-order valence-corrected chi connectivity index (χ3v) is 4.35. The lowest BCUT2D eigenvalue weighted by molar-refractivity contribution is 0.0463. The number of hydrogen-bond donors (Lipinski definition) is 0. The summed E-state index contributed by atoms with van der Waals surface area (Å²) in [7, 11) is 1.51. The molecule has 1 aromatic heterocycles. The first kappa shape index (κ1) is 16.8. The Hall–Kier alpha value is -3.60. The van der Waals surface area contributed by atoms with Crippen molar-refractivity contribution in [3.8, 4) is 11.4 Å². The average molecular weight is 358 g/mol. The maximum atomic E-state index is 12.6. The number of para-hydroxylation sites is 1. The van der Waals surface area contributed by atoms with Crippen LogP contribution < -0.4 is 4.74 Å². The van der Waals surface area contributed by atoms with Gasteiger partial charge in [0.25, 0.3) is 0 Å². The number of carbonyl (C=O) groups excluding carboxylic acids is 1. The van der Waals surface area contributed by atoms with Gasteiger partial charge in [-0.25, -0.2) is 9.48 Å². The van der Waals surface area contributed by atoms with Crippen LogP contribution in [0.3, 0.4) is 0 Å². The van der Waals surface area contributed by atoms with Gasteiger partial charge in [0.1, 0.15) is 6.61 Å². The molecule has 0 N–H and O–H groups in total. The van der Waals surface area contributed by atoms with E-state index in [2.05, 4.69) is 5.10 Å². The molecule has 0 unspecified atom stereocenters. The van der Waals surface area contributed by atoms with E-state index in [9.17, 15) is 4.79 Å². The molecule has 134 valence electrons. The minimum absolute atomic E-state index is 0.154. The van der Waals surface area contributed by atoms with Crippen molar-refractivity contribution in [3.63, 3.8) is 0 Å². The van der Waals surface area contributed by atoms with E-state index in [4.69, 9.17) is 9.47 Å². The Kier molecular flexibility index (Phi) is 4.58. The van der Waals surface area contributed by atoms with Crippen molar-refractivity contribution in [2.75, 3.05) is 7.11 Å². The highest BCUT2D eigenvalue weighted by Crippen LogP contribution is 2.23. The molecule has 3 aromatic carbocycles. The zero-order chi connectivity index (χ0) is 18.6. The van der Waals surface area contributed by atoms with Crippen LogP contribution in [-0.2, 0) is 11.3 Å². The fourth-order valence-electron chi connectivity index (χ4n) is 2.99. The minimum Gasteiger partial charge on any atom is -0.493 e. The Labute approximate surface area is 156 Å². The maximum Gasteiger partial charge on any atom is 0.363 e. The van der Waals surface area contributed by atoms with Gasteiger partial charge in [-0.05, 0) is 28.5 Å². The molecule has 0 aliphatic carbocycles. The fraction of sp³-hybridized carbons (Fsp3) is 0.0909. The number of aromatic nitrogens is 2. The summed E-state index contributed by atoms with van der Waals surface area (Å²) in [4.78, 5) is 12.6. The number of hydrogen-bond acceptors (Lipinski definition) is 4. The summed E-state index contributed by atoms with van der Waals surface area (Å²) < 4.78 is 12.4. The standard InChI is InChI=1S/C22H18N2O3/c1-26-20-14-24(18-11-3-2-4-12-18)23-21(20)22(25)27-15-17-10-7-9-16-8-5-6-13-19(16)17/h2-14H,15H2,1H3. The lowest BCUT2D eigenvalue weighted by atomic mass is 10.1. The van der Waals surface area contributed by atoms with Crippen molar-refractivity contribution in [1.82, 2.24) is 9.78 Å². The van der Waals surface area contributed by atoms with E-state index in [-0.39, 0.29) is 12.3 Å². The molecule has 4 aromatic rings. The first-order chi connectivity index (χ1) is 13.3. The van der Waals surface area contributed by atoms with E-state index >= 15 is 0 Å². The summed E-state index contributed by atoms with van der Waals surface area (Å²) in [5.74, 6) is -0.142. The molecule has 5 nitrogen and oxygen atoms in total. The van der Waals surface area contributed by atoms with Gasteiger partial charge in [-0.3, -0.25) is 0 Å². The molecule has 0 saturated heterocycles. The van der Waals surface area contributed by atoms with Crippen LogP contribution in [0.4, 0.5) is 0 Å². The lowest BCUT2D eigenvalue weighted by Gasteiger charge is -2.07. The van der Waals surface area contributed by atoms with Crippen molar-refractivity contribution >= 4 is 16.7 Å². The van der Waals surface area contributed by atoms with E-state index in [1.54, 1.807) is 10.9 Å². The van der Waals surface area contributed by atoms with E-state index < -0.39 is 5.97 Å². The predicted octanol–water partition coefficient (Wildman–Crippen LogP) is 4.39. The van der Waals surface area contributed by atoms with Gasteiger partial charge in [0.2, 0.25) is 5.69 Å². The van der Waals surface area contributed by atoms with Crippen LogP contribution in [0, 0.1) is 0 Å². The zero-order valence-electron chi connectivity index (χ0n) is 14.8. The van der Waals surface area contributed by atoms with E-state index in [1.165, 1.54) is 7.11 Å². The van der Waals surface area contributed by atoms with Crippen LogP contribution >= 0.6 is 0 Å². The Morgan fingerprint density at radius 1 is 0.963 bits per heavy atom. The number of methoxy groups -OCH3 is 1. The third kappa shape index (κ3) is 3.40. The highest BCUT2D eigenvalue weighted by Gasteiger charge is 2.20. The Bertz CT molecular complexity index is 1080. The fourth-order valence-corrected chi connectivity index (χ4v) is 2.99. The number of fused-ring (bicyclic) bond motifs is 1. The van der Waals surface area contributed by atoms with Gasteiger partial charge in [-0.15, -0.1) is 0 Å². The first-order valence-corrected chi connectivity index (χ1v) is 8.59. The van der Waals surface area contributed by atoms with Gasteiger partial charge in [0, 0.05) is 0 Å². The number of carbonyl (C=O) groups is 1. The van der Waals surface area contributed by atoms with Crippen molar-refractivity contribution < 1.29 is 14.3 Å². The number of esters is 1. The van der Waals surface area contributed by atoms with Crippen molar-refractivity contribution in [1.29, 1.82) is 0 Å². The summed E-state index contributed by atoms with van der Waals surface area (Å²) in [6.07, 6.45) is 1.67. The highest BCUT2D eigenvalue weighted by molar-refractivity contribution is 5.91. The molecule has 0 atom stereocenters. The van der Waals surface area contributed by atoms with Crippen LogP contribution in [0.15, 0.2) is 79.0 Å². The molecule has 0 amide bonds. The number of nitrogens with zero attached hydrogens (tertiary/aromatic N) is 2. The van der Waals surface area contributed by atoms with Crippen molar-refractivity contribution in [2.24, 2.45) is 0 Å². The van der Waals surface area contributed by atoms with E-state index in [0.29, 0.717) is 5.75 Å². The summed E-state index contributed by atoms with van der Waals surface area (Å²) in [5, 5.41) is 6.52. The summed E-state index contributed by atoms with van der Waals surface area (Å²) in [6.45, 7) is 0.168. The van der Waals surface area contributed by atoms with Gasteiger partial charge < -0.3 is 9.47 Å². The summed E-state index contributed by atoms with van der Waals surface area (Å²) in [5.41, 5.74) is 1.94. The second kappa shape index (κ2) is 7.33. The maximum absolute atomic E-state index is 12.6. The number of ether oxygens (including phenoxy) is 2.